The van der Waals surface area contributed by atoms with Crippen LogP contribution in [0.1, 0.15) is 29.8 Å². The Hall–Kier alpha value is -2.72. The van der Waals surface area contributed by atoms with Gasteiger partial charge in [-0.2, -0.15) is 8.78 Å². The number of nitrogens with one attached hydrogen (secondary N) is 2. The van der Waals surface area contributed by atoms with Gasteiger partial charge in [0.05, 0.1) is 12.0 Å². The number of alkyl halides is 2. The van der Waals surface area contributed by atoms with Gasteiger partial charge in [-0.1, -0.05) is 12.1 Å². The lowest BCUT2D eigenvalue weighted by molar-refractivity contribution is -0.0512. The highest BCUT2D eigenvalue weighted by Gasteiger charge is 2.17. The molecule has 1 amide bonds. The van der Waals surface area contributed by atoms with Crippen molar-refractivity contribution in [3.8, 4) is 11.5 Å². The number of carbonyl (C=O) groups excluding carboxylic acids is 1. The first-order valence-electron chi connectivity index (χ1n) is 9.14. The van der Waals surface area contributed by atoms with E-state index in [9.17, 15) is 22.0 Å². The van der Waals surface area contributed by atoms with Gasteiger partial charge in [0.2, 0.25) is 10.0 Å². The maximum atomic E-state index is 12.5. The van der Waals surface area contributed by atoms with E-state index >= 15 is 0 Å². The quantitative estimate of drug-likeness (QED) is 0.590. The molecule has 0 saturated heterocycles. The molecule has 0 fully saturated rings. The molecule has 164 valence electrons. The molecule has 2 N–H and O–H groups in total. The summed E-state index contributed by atoms with van der Waals surface area (Å²) in [5.74, 6) is -0.364. The predicted octanol–water partition coefficient (Wildman–Crippen LogP) is 2.96. The Kier molecular flexibility index (Phi) is 8.13. The molecule has 2 aromatic carbocycles. The largest absolute Gasteiger partial charge is 0.493 e. The fourth-order valence-electron chi connectivity index (χ4n) is 2.67. The van der Waals surface area contributed by atoms with E-state index < -0.39 is 22.5 Å². The Morgan fingerprint density at radius 3 is 2.47 bits per heavy atom. The predicted molar refractivity (Wildman–Crippen MR) is 108 cm³/mol. The summed E-state index contributed by atoms with van der Waals surface area (Å²) in [5, 5.41) is 2.68. The van der Waals surface area contributed by atoms with Crippen molar-refractivity contribution in [2.24, 2.45) is 0 Å². The van der Waals surface area contributed by atoms with Crippen molar-refractivity contribution in [3.05, 3.63) is 53.6 Å². The molecule has 0 aromatic heterocycles. The number of hydrogen-bond donors (Lipinski definition) is 2. The first-order valence-corrected chi connectivity index (χ1v) is 10.6. The minimum absolute atomic E-state index is 0.00667. The number of halogens is 2. The van der Waals surface area contributed by atoms with Gasteiger partial charge < -0.3 is 14.8 Å². The zero-order valence-corrected chi connectivity index (χ0v) is 17.6. The van der Waals surface area contributed by atoms with Crippen molar-refractivity contribution in [3.63, 3.8) is 0 Å². The molecule has 7 nitrogen and oxygen atoms in total. The lowest BCUT2D eigenvalue weighted by atomic mass is 10.1. The Morgan fingerprint density at radius 2 is 1.83 bits per heavy atom. The monoisotopic (exact) mass is 442 g/mol. The van der Waals surface area contributed by atoms with Gasteiger partial charge in [0, 0.05) is 18.2 Å². The van der Waals surface area contributed by atoms with E-state index in [4.69, 9.17) is 4.74 Å². The van der Waals surface area contributed by atoms with Gasteiger partial charge in [0.25, 0.3) is 5.91 Å². The number of rotatable bonds is 10. The van der Waals surface area contributed by atoms with Gasteiger partial charge in [0.1, 0.15) is 0 Å². The molecule has 0 aliphatic carbocycles. The van der Waals surface area contributed by atoms with Crippen LogP contribution in [0.2, 0.25) is 0 Å². The van der Waals surface area contributed by atoms with Crippen LogP contribution in [0.15, 0.2) is 47.4 Å². The van der Waals surface area contributed by atoms with Gasteiger partial charge in [0.15, 0.2) is 11.5 Å². The third-order valence-corrected chi connectivity index (χ3v) is 5.60. The smallest absolute Gasteiger partial charge is 0.387 e. The summed E-state index contributed by atoms with van der Waals surface area (Å²) in [4.78, 5) is 12.4. The third kappa shape index (κ3) is 6.67. The van der Waals surface area contributed by atoms with Crippen molar-refractivity contribution >= 4 is 15.9 Å². The molecule has 0 saturated carbocycles. The van der Waals surface area contributed by atoms with Crippen LogP contribution >= 0.6 is 0 Å². The highest BCUT2D eigenvalue weighted by atomic mass is 32.2. The summed E-state index contributed by atoms with van der Waals surface area (Å²) >= 11 is 0. The fourth-order valence-corrected chi connectivity index (χ4v) is 3.97. The van der Waals surface area contributed by atoms with Gasteiger partial charge in [-0.15, -0.1) is 0 Å². The number of amides is 1. The lowest BCUT2D eigenvalue weighted by Gasteiger charge is -2.12. The zero-order valence-electron chi connectivity index (χ0n) is 16.8. The number of ether oxygens (including phenoxy) is 2. The second kappa shape index (κ2) is 10.4. The maximum Gasteiger partial charge on any atom is 0.387 e. The topological polar surface area (TPSA) is 93.7 Å². The second-order valence-electron chi connectivity index (χ2n) is 6.67. The van der Waals surface area contributed by atoms with Crippen LogP contribution in [-0.4, -0.2) is 40.6 Å². The Bertz CT molecular complexity index is 981. The molecule has 2 aromatic rings. The molecule has 30 heavy (non-hydrogen) atoms. The molecular formula is C20H24F2N2O5S. The van der Waals surface area contributed by atoms with Crippen molar-refractivity contribution in [1.82, 2.24) is 10.0 Å². The van der Waals surface area contributed by atoms with Crippen LogP contribution < -0.4 is 19.5 Å². The lowest BCUT2D eigenvalue weighted by Crippen LogP contribution is -2.30. The average Bonchev–Trinajstić information content (AvgIpc) is 2.67. The molecule has 0 aliphatic heterocycles. The molecule has 10 heteroatoms. The van der Waals surface area contributed by atoms with E-state index in [-0.39, 0.29) is 34.5 Å². The summed E-state index contributed by atoms with van der Waals surface area (Å²) in [6.45, 7) is 0.624. The summed E-state index contributed by atoms with van der Waals surface area (Å²) in [7, 11) is -2.37. The van der Waals surface area contributed by atoms with E-state index in [1.165, 1.54) is 43.5 Å². The summed E-state index contributed by atoms with van der Waals surface area (Å²) < 4.78 is 61.4. The van der Waals surface area contributed by atoms with Crippen molar-refractivity contribution in [2.45, 2.75) is 37.8 Å². The van der Waals surface area contributed by atoms with E-state index in [2.05, 4.69) is 14.8 Å². The number of benzene rings is 2. The highest BCUT2D eigenvalue weighted by Crippen LogP contribution is 2.29. The molecule has 0 spiro atoms. The van der Waals surface area contributed by atoms with Crippen LogP contribution in [0.25, 0.3) is 0 Å². The normalized spacial score (nSPS) is 11.6. The van der Waals surface area contributed by atoms with E-state index in [0.717, 1.165) is 0 Å². The number of hydrogen-bond acceptors (Lipinski definition) is 5. The molecule has 0 atom stereocenters. The SMILES string of the molecule is COc1ccc(CCNC(=O)c2cccc(S(=O)(=O)NC(C)C)c2)cc1OC(F)F. The first-order chi connectivity index (χ1) is 14.1. The Balaban J connectivity index is 2.02. The number of sulfonamides is 1. The van der Waals surface area contributed by atoms with E-state index in [0.29, 0.717) is 12.0 Å². The van der Waals surface area contributed by atoms with Crippen LogP contribution in [0.4, 0.5) is 8.78 Å². The third-order valence-electron chi connectivity index (χ3n) is 3.94. The molecule has 0 radical (unpaired) electrons. The maximum absolute atomic E-state index is 12.5. The minimum Gasteiger partial charge on any atom is -0.493 e. The number of carbonyl (C=O) groups is 1. The van der Waals surface area contributed by atoms with Crippen molar-refractivity contribution in [2.75, 3.05) is 13.7 Å². The van der Waals surface area contributed by atoms with Crippen molar-refractivity contribution in [1.29, 1.82) is 0 Å². The summed E-state index contributed by atoms with van der Waals surface area (Å²) in [6, 6.07) is 10.0. The molecular weight excluding hydrogens is 418 g/mol. The summed E-state index contributed by atoms with van der Waals surface area (Å²) in [6.07, 6.45) is 0.349. The van der Waals surface area contributed by atoms with Crippen LogP contribution in [-0.2, 0) is 16.4 Å². The number of methoxy groups -OCH3 is 1. The van der Waals surface area contributed by atoms with Gasteiger partial charge >= 0.3 is 6.61 Å². The van der Waals surface area contributed by atoms with Crippen LogP contribution in [0, 0.1) is 0 Å². The first kappa shape index (κ1) is 23.6. The molecule has 0 heterocycles. The van der Waals surface area contributed by atoms with Crippen molar-refractivity contribution < 1.29 is 31.5 Å². The van der Waals surface area contributed by atoms with Crippen LogP contribution in [0.5, 0.6) is 11.5 Å². The van der Waals surface area contributed by atoms with Gasteiger partial charge in [-0.25, -0.2) is 13.1 Å². The minimum atomic E-state index is -3.72. The van der Waals surface area contributed by atoms with E-state index in [1.54, 1.807) is 19.9 Å². The molecule has 2 rings (SSSR count). The van der Waals surface area contributed by atoms with Crippen LogP contribution in [0.3, 0.4) is 0 Å². The molecule has 0 unspecified atom stereocenters. The average molecular weight is 442 g/mol. The van der Waals surface area contributed by atoms with Gasteiger partial charge in [-0.05, 0) is 56.2 Å². The standard InChI is InChI=1S/C20H24F2N2O5S/c1-13(2)24-30(26,27)16-6-4-5-15(12-16)19(25)23-10-9-14-7-8-17(28-3)18(11-14)29-20(21)22/h4-8,11-13,20,24H,9-10H2,1-3H3,(H,23,25). The Morgan fingerprint density at radius 1 is 1.10 bits per heavy atom. The zero-order chi connectivity index (χ0) is 22.3. The highest BCUT2D eigenvalue weighted by molar-refractivity contribution is 7.89. The summed E-state index contributed by atoms with van der Waals surface area (Å²) in [5.41, 5.74) is 0.849. The fraction of sp³-hybridized carbons (Fsp3) is 0.350. The second-order valence-corrected chi connectivity index (χ2v) is 8.39. The van der Waals surface area contributed by atoms with E-state index in [1.807, 2.05) is 0 Å². The molecule has 0 bridgehead atoms. The van der Waals surface area contributed by atoms with Gasteiger partial charge in [-0.3, -0.25) is 4.79 Å². The molecule has 0 aliphatic rings. The Labute approximate surface area is 174 Å².